The number of aryl methyl sites for hydroxylation is 1. The van der Waals surface area contributed by atoms with E-state index in [1.807, 2.05) is 52.9 Å². The quantitative estimate of drug-likeness (QED) is 0.457. The van der Waals surface area contributed by atoms with Crippen molar-refractivity contribution in [3.8, 4) is 5.75 Å². The molecule has 2 rings (SSSR count). The highest BCUT2D eigenvalue weighted by Crippen LogP contribution is 2.26. The van der Waals surface area contributed by atoms with Crippen LogP contribution in [0.4, 0.5) is 0 Å². The molecule has 0 saturated carbocycles. The molecule has 2 heterocycles. The summed E-state index contributed by atoms with van der Waals surface area (Å²) >= 11 is 0. The second kappa shape index (κ2) is 9.22. The predicted octanol–water partition coefficient (Wildman–Crippen LogP) is 4.76. The largest absolute Gasteiger partial charge is 0.490 e. The highest BCUT2D eigenvalue weighted by atomic mass is 16.6. The van der Waals surface area contributed by atoms with Crippen molar-refractivity contribution >= 4 is 17.4 Å². The fraction of sp³-hybridized carbons (Fsp3) is 0.591. The molecule has 2 aromatic rings. The molecule has 0 aliphatic heterocycles. The number of rotatable bonds is 9. The Morgan fingerprint density at radius 2 is 1.93 bits per heavy atom. The van der Waals surface area contributed by atoms with E-state index in [1.165, 1.54) is 0 Å². The van der Waals surface area contributed by atoms with Crippen LogP contribution in [0.2, 0.25) is 0 Å². The van der Waals surface area contributed by atoms with Gasteiger partial charge in [0.2, 0.25) is 0 Å². The van der Waals surface area contributed by atoms with Gasteiger partial charge in [-0.05, 0) is 59.1 Å². The van der Waals surface area contributed by atoms with Gasteiger partial charge < -0.3 is 9.47 Å². The number of hydrogen-bond donors (Lipinski definition) is 0. The maximum absolute atomic E-state index is 13.1. The predicted molar refractivity (Wildman–Crippen MR) is 109 cm³/mol. The van der Waals surface area contributed by atoms with Crippen molar-refractivity contribution in [1.82, 2.24) is 9.38 Å². The van der Waals surface area contributed by atoms with Gasteiger partial charge >= 0.3 is 5.97 Å². The fourth-order valence-electron chi connectivity index (χ4n) is 3.42. The summed E-state index contributed by atoms with van der Waals surface area (Å²) < 4.78 is 12.9. The normalized spacial score (nSPS) is 12.8. The van der Waals surface area contributed by atoms with E-state index in [9.17, 15) is 9.59 Å². The van der Waals surface area contributed by atoms with E-state index in [0.29, 0.717) is 35.8 Å². The van der Waals surface area contributed by atoms with Crippen molar-refractivity contribution in [2.24, 2.45) is 5.92 Å². The number of ether oxygens (including phenoxy) is 2. The molecule has 0 fully saturated rings. The number of imidazole rings is 1. The highest BCUT2D eigenvalue weighted by molar-refractivity contribution is 5.97. The van der Waals surface area contributed by atoms with Gasteiger partial charge in [0.15, 0.2) is 17.2 Å². The Hall–Kier alpha value is -2.37. The summed E-state index contributed by atoms with van der Waals surface area (Å²) in [5.41, 5.74) is 1.35. The lowest BCUT2D eigenvalue weighted by Crippen LogP contribution is -2.26. The van der Waals surface area contributed by atoms with E-state index in [2.05, 4.69) is 11.9 Å². The number of fused-ring (bicyclic) bond motifs is 1. The average molecular weight is 389 g/mol. The number of esters is 1. The van der Waals surface area contributed by atoms with Crippen LogP contribution in [0, 0.1) is 12.8 Å². The SMILES string of the molecule is CCC[C@H](CC(=O)OC(C)(C)C)CC(=O)c1c(C)nc2c(OCC)cccn12. The van der Waals surface area contributed by atoms with E-state index in [4.69, 9.17) is 9.47 Å². The van der Waals surface area contributed by atoms with Gasteiger partial charge in [0, 0.05) is 19.0 Å². The molecule has 0 bridgehead atoms. The Morgan fingerprint density at radius 1 is 1.21 bits per heavy atom. The van der Waals surface area contributed by atoms with Crippen LogP contribution >= 0.6 is 0 Å². The van der Waals surface area contributed by atoms with E-state index in [1.54, 1.807) is 4.40 Å². The molecular formula is C22H32N2O4. The number of hydrogen-bond acceptors (Lipinski definition) is 5. The number of carbonyl (C=O) groups excluding carboxylic acids is 2. The van der Waals surface area contributed by atoms with E-state index < -0.39 is 5.60 Å². The van der Waals surface area contributed by atoms with Gasteiger partial charge in [-0.2, -0.15) is 0 Å². The third kappa shape index (κ3) is 5.57. The minimum absolute atomic E-state index is 0.0133. The summed E-state index contributed by atoms with van der Waals surface area (Å²) in [5, 5.41) is 0. The van der Waals surface area contributed by atoms with Crippen LogP contribution in [-0.2, 0) is 9.53 Å². The molecule has 0 unspecified atom stereocenters. The first kappa shape index (κ1) is 21.9. The molecule has 0 aromatic carbocycles. The molecule has 0 aliphatic carbocycles. The van der Waals surface area contributed by atoms with Gasteiger partial charge in [0.25, 0.3) is 0 Å². The summed E-state index contributed by atoms with van der Waals surface area (Å²) in [4.78, 5) is 29.9. The number of ketones is 1. The van der Waals surface area contributed by atoms with Gasteiger partial charge in [-0.15, -0.1) is 0 Å². The highest BCUT2D eigenvalue weighted by Gasteiger charge is 2.25. The average Bonchev–Trinajstić information content (AvgIpc) is 2.90. The Kier molecular flexibility index (Phi) is 7.22. The summed E-state index contributed by atoms with van der Waals surface area (Å²) in [6.07, 6.45) is 4.07. The van der Waals surface area contributed by atoms with Crippen LogP contribution in [0.5, 0.6) is 5.75 Å². The van der Waals surface area contributed by atoms with Crippen molar-refractivity contribution < 1.29 is 19.1 Å². The molecule has 6 heteroatoms. The molecule has 0 radical (unpaired) electrons. The number of pyridine rings is 1. The molecule has 0 N–H and O–H groups in total. The minimum atomic E-state index is -0.522. The second-order valence-corrected chi connectivity index (χ2v) is 8.12. The van der Waals surface area contributed by atoms with Crippen molar-refractivity contribution in [3.05, 3.63) is 29.7 Å². The molecule has 28 heavy (non-hydrogen) atoms. The maximum atomic E-state index is 13.1. The van der Waals surface area contributed by atoms with Crippen LogP contribution in [0.1, 0.15) is 76.5 Å². The van der Waals surface area contributed by atoms with Crippen LogP contribution in [0.3, 0.4) is 0 Å². The lowest BCUT2D eigenvalue weighted by molar-refractivity contribution is -0.156. The Bertz CT molecular complexity index is 833. The van der Waals surface area contributed by atoms with Crippen LogP contribution in [-0.4, -0.2) is 33.3 Å². The van der Waals surface area contributed by atoms with Crippen molar-refractivity contribution in [2.75, 3.05) is 6.61 Å². The molecule has 0 saturated heterocycles. The molecule has 0 aliphatic rings. The minimum Gasteiger partial charge on any atom is -0.490 e. The van der Waals surface area contributed by atoms with Crippen LogP contribution in [0.15, 0.2) is 18.3 Å². The van der Waals surface area contributed by atoms with E-state index >= 15 is 0 Å². The van der Waals surface area contributed by atoms with E-state index in [-0.39, 0.29) is 24.1 Å². The van der Waals surface area contributed by atoms with Crippen molar-refractivity contribution in [3.63, 3.8) is 0 Å². The fourth-order valence-corrected chi connectivity index (χ4v) is 3.42. The molecule has 154 valence electrons. The first-order chi connectivity index (χ1) is 13.2. The third-order valence-electron chi connectivity index (χ3n) is 4.40. The first-order valence-electron chi connectivity index (χ1n) is 10.0. The van der Waals surface area contributed by atoms with Crippen LogP contribution in [0.25, 0.3) is 5.65 Å². The zero-order valence-corrected chi connectivity index (χ0v) is 17.9. The topological polar surface area (TPSA) is 69.9 Å². The second-order valence-electron chi connectivity index (χ2n) is 8.12. The van der Waals surface area contributed by atoms with Crippen molar-refractivity contribution in [2.45, 2.75) is 72.8 Å². The van der Waals surface area contributed by atoms with Gasteiger partial charge in [-0.3, -0.25) is 14.0 Å². The molecule has 1 atom stereocenters. The molecular weight excluding hydrogens is 356 g/mol. The number of Topliss-reactive ketones (excluding diaryl/α,β-unsaturated/α-hetero) is 1. The zero-order valence-electron chi connectivity index (χ0n) is 17.9. The van der Waals surface area contributed by atoms with Gasteiger partial charge in [-0.1, -0.05) is 13.3 Å². The zero-order chi connectivity index (χ0) is 20.9. The first-order valence-corrected chi connectivity index (χ1v) is 10.0. The molecule has 6 nitrogen and oxygen atoms in total. The molecule has 0 amide bonds. The Labute approximate surface area is 167 Å². The summed E-state index contributed by atoms with van der Waals surface area (Å²) in [6.45, 7) is 11.9. The van der Waals surface area contributed by atoms with Gasteiger partial charge in [0.1, 0.15) is 11.3 Å². The number of nitrogens with zero attached hydrogens (tertiary/aromatic N) is 2. The number of aromatic nitrogens is 2. The Morgan fingerprint density at radius 3 is 2.54 bits per heavy atom. The summed E-state index contributed by atoms with van der Waals surface area (Å²) in [5.74, 6) is 0.339. The Balaban J connectivity index is 2.23. The maximum Gasteiger partial charge on any atom is 0.306 e. The third-order valence-corrected chi connectivity index (χ3v) is 4.40. The van der Waals surface area contributed by atoms with Gasteiger partial charge in [0.05, 0.1) is 12.3 Å². The van der Waals surface area contributed by atoms with Crippen molar-refractivity contribution in [1.29, 1.82) is 0 Å². The summed E-state index contributed by atoms with van der Waals surface area (Å²) in [6, 6.07) is 3.70. The van der Waals surface area contributed by atoms with E-state index in [0.717, 1.165) is 12.8 Å². The van der Waals surface area contributed by atoms with Gasteiger partial charge in [-0.25, -0.2) is 4.98 Å². The lowest BCUT2D eigenvalue weighted by Gasteiger charge is -2.22. The number of carbonyl (C=O) groups is 2. The molecule has 2 aromatic heterocycles. The monoisotopic (exact) mass is 388 g/mol. The standard InChI is InChI=1S/C22H32N2O4/c1-7-10-16(14-19(26)28-22(4,5)6)13-17(25)20-15(3)23-21-18(27-8-2)11-9-12-24(20)21/h9,11-12,16H,7-8,10,13-14H2,1-6H3/t16-/m0/s1. The summed E-state index contributed by atoms with van der Waals surface area (Å²) in [7, 11) is 0. The smallest absolute Gasteiger partial charge is 0.306 e. The molecule has 0 spiro atoms. The van der Waals surface area contributed by atoms with Crippen LogP contribution < -0.4 is 4.74 Å². The lowest BCUT2D eigenvalue weighted by atomic mass is 9.92.